The summed E-state index contributed by atoms with van der Waals surface area (Å²) in [6, 6.07) is 3.77. The van der Waals surface area contributed by atoms with Gasteiger partial charge in [0, 0.05) is 5.56 Å². The fraction of sp³-hybridized carbons (Fsp3) is 0.417. The maximum atomic E-state index is 13.1. The number of carbonyl (C=O) groups excluding carboxylic acids is 1. The standard InChI is InChI=1S/C12H15FO3/c1-12(2,3)16-11(15)8-4-5-10(13)9(6-8)7-14/h4-6,14H,7H2,1-3H3. The van der Waals surface area contributed by atoms with E-state index in [-0.39, 0.29) is 11.1 Å². The van der Waals surface area contributed by atoms with Crippen LogP contribution in [0.15, 0.2) is 18.2 Å². The predicted octanol–water partition coefficient (Wildman–Crippen LogP) is 2.27. The number of aliphatic hydroxyl groups excluding tert-OH is 1. The van der Waals surface area contributed by atoms with E-state index in [1.165, 1.54) is 12.1 Å². The number of ether oxygens (including phenoxy) is 1. The Morgan fingerprint density at radius 2 is 2.06 bits per heavy atom. The van der Waals surface area contributed by atoms with Crippen LogP contribution in [0.1, 0.15) is 36.7 Å². The van der Waals surface area contributed by atoms with Gasteiger partial charge in [0.05, 0.1) is 12.2 Å². The van der Waals surface area contributed by atoms with Gasteiger partial charge in [-0.2, -0.15) is 0 Å². The van der Waals surface area contributed by atoms with Crippen LogP contribution >= 0.6 is 0 Å². The van der Waals surface area contributed by atoms with E-state index in [4.69, 9.17) is 9.84 Å². The fourth-order valence-electron chi connectivity index (χ4n) is 1.16. The molecule has 0 unspecified atom stereocenters. The van der Waals surface area contributed by atoms with Crippen molar-refractivity contribution in [3.63, 3.8) is 0 Å². The lowest BCUT2D eigenvalue weighted by Gasteiger charge is -2.19. The quantitative estimate of drug-likeness (QED) is 0.787. The first-order valence-corrected chi connectivity index (χ1v) is 4.96. The molecule has 0 fully saturated rings. The van der Waals surface area contributed by atoms with Crippen LogP contribution in [-0.2, 0) is 11.3 Å². The van der Waals surface area contributed by atoms with Gasteiger partial charge in [-0.05, 0) is 39.0 Å². The highest BCUT2D eigenvalue weighted by Gasteiger charge is 2.18. The van der Waals surface area contributed by atoms with Gasteiger partial charge >= 0.3 is 5.97 Å². The Kier molecular flexibility index (Phi) is 3.65. The maximum absolute atomic E-state index is 13.1. The first-order chi connectivity index (χ1) is 7.33. The number of esters is 1. The van der Waals surface area contributed by atoms with Crippen molar-refractivity contribution in [2.45, 2.75) is 33.0 Å². The topological polar surface area (TPSA) is 46.5 Å². The van der Waals surface area contributed by atoms with E-state index in [0.29, 0.717) is 0 Å². The van der Waals surface area contributed by atoms with Crippen molar-refractivity contribution in [3.8, 4) is 0 Å². The van der Waals surface area contributed by atoms with Gasteiger partial charge in [-0.15, -0.1) is 0 Å². The number of hydrogen-bond donors (Lipinski definition) is 1. The zero-order valence-electron chi connectivity index (χ0n) is 9.58. The predicted molar refractivity (Wildman–Crippen MR) is 57.5 cm³/mol. The lowest BCUT2D eigenvalue weighted by Crippen LogP contribution is -2.24. The molecule has 0 aromatic heterocycles. The Morgan fingerprint density at radius 3 is 2.56 bits per heavy atom. The van der Waals surface area contributed by atoms with E-state index in [2.05, 4.69) is 0 Å². The maximum Gasteiger partial charge on any atom is 0.338 e. The molecule has 0 saturated heterocycles. The molecule has 0 heterocycles. The summed E-state index contributed by atoms with van der Waals surface area (Å²) in [4.78, 5) is 11.6. The van der Waals surface area contributed by atoms with E-state index in [1.807, 2.05) is 0 Å². The van der Waals surface area contributed by atoms with Gasteiger partial charge in [0.25, 0.3) is 0 Å². The zero-order valence-corrected chi connectivity index (χ0v) is 9.58. The van der Waals surface area contributed by atoms with Gasteiger partial charge in [-0.3, -0.25) is 0 Å². The van der Waals surface area contributed by atoms with Crippen LogP contribution in [0.3, 0.4) is 0 Å². The molecule has 0 atom stereocenters. The number of aliphatic hydroxyl groups is 1. The molecule has 4 heteroatoms. The SMILES string of the molecule is CC(C)(C)OC(=O)c1ccc(F)c(CO)c1. The highest BCUT2D eigenvalue weighted by molar-refractivity contribution is 5.89. The molecule has 0 amide bonds. The van der Waals surface area contributed by atoms with Crippen LogP contribution in [0.25, 0.3) is 0 Å². The van der Waals surface area contributed by atoms with Crippen LogP contribution < -0.4 is 0 Å². The smallest absolute Gasteiger partial charge is 0.338 e. The monoisotopic (exact) mass is 226 g/mol. The number of benzene rings is 1. The molecule has 1 rings (SSSR count). The van der Waals surface area contributed by atoms with E-state index < -0.39 is 24.0 Å². The molecule has 3 nitrogen and oxygen atoms in total. The van der Waals surface area contributed by atoms with Crippen LogP contribution in [0.2, 0.25) is 0 Å². The summed E-state index contributed by atoms with van der Waals surface area (Å²) < 4.78 is 18.2. The highest BCUT2D eigenvalue weighted by atomic mass is 19.1. The Bertz CT molecular complexity index is 394. The van der Waals surface area contributed by atoms with E-state index in [9.17, 15) is 9.18 Å². The molecule has 0 saturated carbocycles. The minimum atomic E-state index is -0.592. The summed E-state index contributed by atoms with van der Waals surface area (Å²) in [5, 5.41) is 8.87. The zero-order chi connectivity index (χ0) is 12.3. The van der Waals surface area contributed by atoms with Crippen molar-refractivity contribution in [1.82, 2.24) is 0 Å². The normalized spacial score (nSPS) is 11.3. The second-order valence-corrected chi connectivity index (χ2v) is 4.47. The molecule has 1 N–H and O–H groups in total. The average molecular weight is 226 g/mol. The Balaban J connectivity index is 2.93. The minimum Gasteiger partial charge on any atom is -0.456 e. The number of halogens is 1. The van der Waals surface area contributed by atoms with E-state index in [0.717, 1.165) is 6.07 Å². The van der Waals surface area contributed by atoms with Gasteiger partial charge in [-0.25, -0.2) is 9.18 Å². The summed E-state index contributed by atoms with van der Waals surface area (Å²) >= 11 is 0. The van der Waals surface area contributed by atoms with Crippen molar-refractivity contribution >= 4 is 5.97 Å². The lowest BCUT2D eigenvalue weighted by atomic mass is 10.1. The molecule has 88 valence electrons. The van der Waals surface area contributed by atoms with Crippen molar-refractivity contribution in [3.05, 3.63) is 35.1 Å². The van der Waals surface area contributed by atoms with Crippen LogP contribution in [0.4, 0.5) is 4.39 Å². The van der Waals surface area contributed by atoms with Gasteiger partial charge in [0.2, 0.25) is 0 Å². The molecule has 0 radical (unpaired) electrons. The first-order valence-electron chi connectivity index (χ1n) is 4.96. The van der Waals surface area contributed by atoms with Gasteiger partial charge in [-0.1, -0.05) is 0 Å². The minimum absolute atomic E-state index is 0.0864. The fourth-order valence-corrected chi connectivity index (χ4v) is 1.16. The molecule has 0 aliphatic heterocycles. The third-order valence-corrected chi connectivity index (χ3v) is 1.85. The summed E-state index contributed by atoms with van der Waals surface area (Å²) in [6.45, 7) is 4.81. The van der Waals surface area contributed by atoms with Crippen molar-refractivity contribution in [1.29, 1.82) is 0 Å². The van der Waals surface area contributed by atoms with Crippen molar-refractivity contribution in [2.24, 2.45) is 0 Å². The Morgan fingerprint density at radius 1 is 1.44 bits per heavy atom. The third kappa shape index (κ3) is 3.31. The molecule has 0 spiro atoms. The highest BCUT2D eigenvalue weighted by Crippen LogP contribution is 2.15. The molecule has 1 aromatic rings. The van der Waals surface area contributed by atoms with Crippen molar-refractivity contribution in [2.75, 3.05) is 0 Å². The Labute approximate surface area is 93.9 Å². The van der Waals surface area contributed by atoms with Gasteiger partial charge in [0.1, 0.15) is 11.4 Å². The summed E-state index contributed by atoms with van der Waals surface area (Å²) in [5.74, 6) is -1.06. The van der Waals surface area contributed by atoms with Crippen LogP contribution in [0, 0.1) is 5.82 Å². The van der Waals surface area contributed by atoms with Gasteiger partial charge < -0.3 is 9.84 Å². The van der Waals surface area contributed by atoms with Crippen LogP contribution in [0.5, 0.6) is 0 Å². The van der Waals surface area contributed by atoms with E-state index >= 15 is 0 Å². The second kappa shape index (κ2) is 4.61. The first kappa shape index (κ1) is 12.6. The van der Waals surface area contributed by atoms with Crippen molar-refractivity contribution < 1.29 is 19.0 Å². The molecule has 16 heavy (non-hydrogen) atoms. The summed E-state index contributed by atoms with van der Waals surface area (Å²) in [5.41, 5.74) is -0.270. The summed E-state index contributed by atoms with van der Waals surface area (Å²) in [6.07, 6.45) is 0. The molecule has 0 aliphatic rings. The van der Waals surface area contributed by atoms with E-state index in [1.54, 1.807) is 20.8 Å². The van der Waals surface area contributed by atoms with Crippen LogP contribution in [-0.4, -0.2) is 16.7 Å². The summed E-state index contributed by atoms with van der Waals surface area (Å²) in [7, 11) is 0. The third-order valence-electron chi connectivity index (χ3n) is 1.85. The molecular formula is C12H15FO3. The Hall–Kier alpha value is -1.42. The molecular weight excluding hydrogens is 211 g/mol. The number of carbonyl (C=O) groups is 1. The molecule has 0 bridgehead atoms. The van der Waals surface area contributed by atoms with Gasteiger partial charge in [0.15, 0.2) is 0 Å². The number of hydrogen-bond acceptors (Lipinski definition) is 3. The lowest BCUT2D eigenvalue weighted by molar-refractivity contribution is 0.00693. The largest absolute Gasteiger partial charge is 0.456 e. The second-order valence-electron chi connectivity index (χ2n) is 4.47. The molecule has 0 aliphatic carbocycles. The average Bonchev–Trinajstić information content (AvgIpc) is 2.15. The molecule has 1 aromatic carbocycles. The number of rotatable bonds is 2.